The van der Waals surface area contributed by atoms with E-state index in [9.17, 15) is 0 Å². The van der Waals surface area contributed by atoms with Crippen molar-refractivity contribution in [2.75, 3.05) is 25.5 Å². The van der Waals surface area contributed by atoms with Gasteiger partial charge in [-0.25, -0.2) is 4.98 Å². The van der Waals surface area contributed by atoms with Gasteiger partial charge in [-0.15, -0.1) is 11.3 Å². The Bertz CT molecular complexity index is 326. The lowest BCUT2D eigenvalue weighted by atomic mass is 10.4. The van der Waals surface area contributed by atoms with Crippen molar-refractivity contribution in [1.82, 2.24) is 9.88 Å². The number of aromatic nitrogens is 1. The number of likely N-dealkylation sites (tertiary alicyclic amines) is 1. The van der Waals surface area contributed by atoms with Crippen LogP contribution in [0.25, 0.3) is 0 Å². The van der Waals surface area contributed by atoms with Crippen LogP contribution in [0.5, 0.6) is 0 Å². The monoisotopic (exact) mass is 209 g/mol. The third-order valence-electron chi connectivity index (χ3n) is 3.21. The normalized spacial score (nSPS) is 30.4. The van der Waals surface area contributed by atoms with E-state index in [-0.39, 0.29) is 0 Å². The molecule has 3 rings (SSSR count). The maximum Gasteiger partial charge on any atom is 0.182 e. The predicted octanol–water partition coefficient (Wildman–Crippen LogP) is 1.64. The maximum atomic E-state index is 4.50. The van der Waals surface area contributed by atoms with Gasteiger partial charge in [0.25, 0.3) is 0 Å². The number of nitrogens with one attached hydrogen (secondary N) is 1. The zero-order chi connectivity index (χ0) is 9.54. The molecule has 0 spiro atoms. The van der Waals surface area contributed by atoms with Gasteiger partial charge in [0.05, 0.1) is 5.69 Å². The second-order valence-electron chi connectivity index (χ2n) is 4.34. The maximum absolute atomic E-state index is 4.50. The highest BCUT2D eigenvalue weighted by Gasteiger charge is 2.44. The molecule has 76 valence electrons. The Morgan fingerprint density at radius 1 is 1.57 bits per heavy atom. The average Bonchev–Trinajstić information content (AvgIpc) is 2.66. The van der Waals surface area contributed by atoms with Gasteiger partial charge in [-0.1, -0.05) is 0 Å². The average molecular weight is 209 g/mol. The molecule has 3 nitrogen and oxygen atoms in total. The summed E-state index contributed by atoms with van der Waals surface area (Å²) in [6.45, 7) is 3.65. The molecule has 1 saturated heterocycles. The van der Waals surface area contributed by atoms with Crippen LogP contribution in [0.3, 0.4) is 0 Å². The second-order valence-corrected chi connectivity index (χ2v) is 5.20. The number of rotatable bonds is 3. The van der Waals surface area contributed by atoms with E-state index in [1.54, 1.807) is 11.3 Å². The molecule has 1 aliphatic heterocycles. The fourth-order valence-electron chi connectivity index (χ4n) is 2.35. The van der Waals surface area contributed by atoms with Crippen molar-refractivity contribution in [3.05, 3.63) is 11.1 Å². The summed E-state index contributed by atoms with van der Waals surface area (Å²) in [7, 11) is 1.92. The van der Waals surface area contributed by atoms with E-state index in [4.69, 9.17) is 0 Å². The standard InChI is InChI=1S/C10H15N3S/c1-11-10-12-9(6-14-10)5-13-3-7-2-8(7)4-13/h6-8H,2-5H2,1H3,(H,11,12). The summed E-state index contributed by atoms with van der Waals surface area (Å²) >= 11 is 1.70. The number of nitrogens with zero attached hydrogens (tertiary/aromatic N) is 2. The van der Waals surface area contributed by atoms with E-state index in [1.807, 2.05) is 7.05 Å². The number of piperidine rings is 1. The van der Waals surface area contributed by atoms with E-state index >= 15 is 0 Å². The molecule has 2 fully saturated rings. The van der Waals surface area contributed by atoms with E-state index in [0.717, 1.165) is 23.5 Å². The lowest BCUT2D eigenvalue weighted by Crippen LogP contribution is -2.22. The van der Waals surface area contributed by atoms with Gasteiger partial charge in [0.2, 0.25) is 0 Å². The number of hydrogen-bond donors (Lipinski definition) is 1. The molecular formula is C10H15N3S. The summed E-state index contributed by atoms with van der Waals surface area (Å²) in [4.78, 5) is 7.03. The highest BCUT2D eigenvalue weighted by molar-refractivity contribution is 7.13. The minimum absolute atomic E-state index is 1.03. The van der Waals surface area contributed by atoms with Crippen LogP contribution in [-0.4, -0.2) is 30.0 Å². The Labute approximate surface area is 88.1 Å². The molecule has 2 heterocycles. The van der Waals surface area contributed by atoms with Gasteiger partial charge in [0.1, 0.15) is 0 Å². The number of fused-ring (bicyclic) bond motifs is 1. The SMILES string of the molecule is CNc1nc(CN2CC3CC3C2)cs1. The Morgan fingerprint density at radius 3 is 3.00 bits per heavy atom. The fraction of sp³-hybridized carbons (Fsp3) is 0.700. The van der Waals surface area contributed by atoms with E-state index in [2.05, 4.69) is 20.6 Å². The summed E-state index contributed by atoms with van der Waals surface area (Å²) in [6, 6.07) is 0. The highest BCUT2D eigenvalue weighted by atomic mass is 32.1. The van der Waals surface area contributed by atoms with Crippen LogP contribution in [0.4, 0.5) is 5.13 Å². The zero-order valence-corrected chi connectivity index (χ0v) is 9.18. The molecule has 0 radical (unpaired) electrons. The number of thiazole rings is 1. The lowest BCUT2D eigenvalue weighted by molar-refractivity contribution is 0.294. The van der Waals surface area contributed by atoms with Crippen LogP contribution < -0.4 is 5.32 Å². The number of anilines is 1. The molecule has 0 aromatic carbocycles. The van der Waals surface area contributed by atoms with Crippen LogP contribution in [0.15, 0.2) is 5.38 Å². The second kappa shape index (κ2) is 3.21. The van der Waals surface area contributed by atoms with Crippen molar-refractivity contribution >= 4 is 16.5 Å². The van der Waals surface area contributed by atoms with Gasteiger partial charge in [-0.05, 0) is 18.3 Å². The van der Waals surface area contributed by atoms with Crippen molar-refractivity contribution in [1.29, 1.82) is 0 Å². The first-order chi connectivity index (χ1) is 6.85. The quantitative estimate of drug-likeness (QED) is 0.820. The molecule has 2 unspecified atom stereocenters. The lowest BCUT2D eigenvalue weighted by Gasteiger charge is -2.15. The molecule has 1 aromatic rings. The third-order valence-corrected chi connectivity index (χ3v) is 4.11. The van der Waals surface area contributed by atoms with Gasteiger partial charge < -0.3 is 5.32 Å². The molecule has 1 aliphatic carbocycles. The molecule has 0 bridgehead atoms. The largest absolute Gasteiger partial charge is 0.365 e. The third kappa shape index (κ3) is 1.53. The fourth-order valence-corrected chi connectivity index (χ4v) is 3.01. The van der Waals surface area contributed by atoms with E-state index in [0.29, 0.717) is 0 Å². The van der Waals surface area contributed by atoms with Crippen molar-refractivity contribution in [2.45, 2.75) is 13.0 Å². The van der Waals surface area contributed by atoms with Crippen LogP contribution in [0.1, 0.15) is 12.1 Å². The Hall–Kier alpha value is -0.610. The van der Waals surface area contributed by atoms with Crippen molar-refractivity contribution in [3.63, 3.8) is 0 Å². The van der Waals surface area contributed by atoms with E-state index in [1.165, 1.54) is 25.2 Å². The Kier molecular flexibility index (Phi) is 1.99. The zero-order valence-electron chi connectivity index (χ0n) is 8.36. The Morgan fingerprint density at radius 2 is 2.36 bits per heavy atom. The molecule has 14 heavy (non-hydrogen) atoms. The van der Waals surface area contributed by atoms with Gasteiger partial charge in [0.15, 0.2) is 5.13 Å². The molecule has 1 saturated carbocycles. The van der Waals surface area contributed by atoms with Crippen molar-refractivity contribution in [3.8, 4) is 0 Å². The molecular weight excluding hydrogens is 194 g/mol. The van der Waals surface area contributed by atoms with Gasteiger partial charge in [-0.2, -0.15) is 0 Å². The first-order valence-electron chi connectivity index (χ1n) is 5.19. The van der Waals surface area contributed by atoms with Crippen LogP contribution in [0.2, 0.25) is 0 Å². The van der Waals surface area contributed by atoms with Gasteiger partial charge in [-0.3, -0.25) is 4.90 Å². The predicted molar refractivity (Wildman–Crippen MR) is 58.5 cm³/mol. The summed E-state index contributed by atoms with van der Waals surface area (Å²) in [6.07, 6.45) is 1.48. The summed E-state index contributed by atoms with van der Waals surface area (Å²) in [5, 5.41) is 6.27. The molecule has 1 aromatic heterocycles. The van der Waals surface area contributed by atoms with E-state index < -0.39 is 0 Å². The Balaban J connectivity index is 1.61. The van der Waals surface area contributed by atoms with Crippen LogP contribution in [0, 0.1) is 11.8 Å². The molecule has 4 heteroatoms. The molecule has 2 atom stereocenters. The molecule has 1 N–H and O–H groups in total. The van der Waals surface area contributed by atoms with Crippen LogP contribution in [-0.2, 0) is 6.54 Å². The topological polar surface area (TPSA) is 28.2 Å². The van der Waals surface area contributed by atoms with Crippen LogP contribution >= 0.6 is 11.3 Å². The molecule has 2 aliphatic rings. The van der Waals surface area contributed by atoms with Gasteiger partial charge >= 0.3 is 0 Å². The smallest absolute Gasteiger partial charge is 0.182 e. The minimum Gasteiger partial charge on any atom is -0.365 e. The summed E-state index contributed by atoms with van der Waals surface area (Å²) in [5.74, 6) is 2.05. The van der Waals surface area contributed by atoms with Gasteiger partial charge in [0, 0.05) is 32.1 Å². The molecule has 0 amide bonds. The van der Waals surface area contributed by atoms with Crippen molar-refractivity contribution in [2.24, 2.45) is 11.8 Å². The summed E-state index contributed by atoms with van der Waals surface area (Å²) in [5.41, 5.74) is 1.22. The van der Waals surface area contributed by atoms with Crippen molar-refractivity contribution < 1.29 is 0 Å². The summed E-state index contributed by atoms with van der Waals surface area (Å²) < 4.78 is 0. The first-order valence-corrected chi connectivity index (χ1v) is 6.07. The first kappa shape index (κ1) is 8.68. The minimum atomic E-state index is 1.03. The highest BCUT2D eigenvalue weighted by Crippen LogP contribution is 2.45. The number of hydrogen-bond acceptors (Lipinski definition) is 4.